The Morgan fingerprint density at radius 3 is 1.85 bits per heavy atom. The maximum absolute atomic E-state index is 3.84. The number of aromatic nitrogens is 2. The highest BCUT2D eigenvalue weighted by Crippen LogP contribution is 1.97. The summed E-state index contributed by atoms with van der Waals surface area (Å²) in [6.07, 6.45) is 0. The summed E-state index contributed by atoms with van der Waals surface area (Å²) in [5.74, 6) is 0.806. The van der Waals surface area contributed by atoms with E-state index in [9.17, 15) is 0 Å². The molecule has 0 amide bonds. The number of hydrogen-bond acceptors (Lipinski definition) is 3. The van der Waals surface area contributed by atoms with Crippen molar-refractivity contribution in [2.45, 2.75) is 34.6 Å². The zero-order valence-corrected chi connectivity index (χ0v) is 9.55. The molecular weight excluding hydrogens is 162 g/mol. The fourth-order valence-corrected chi connectivity index (χ4v) is 0.532. The third kappa shape index (κ3) is 7.25. The Morgan fingerprint density at radius 2 is 1.54 bits per heavy atom. The molecule has 0 unspecified atom stereocenters. The number of anilines is 1. The summed E-state index contributed by atoms with van der Waals surface area (Å²) in [5.41, 5.74) is 0.939. The quantitative estimate of drug-likeness (QED) is 0.727. The SMILES string of the molecule is CC.CC.CNc1ccc(C)nn1. The Bertz CT molecular complexity index is 182. The van der Waals surface area contributed by atoms with E-state index in [2.05, 4.69) is 15.5 Å². The molecule has 0 saturated heterocycles. The van der Waals surface area contributed by atoms with Gasteiger partial charge in [0, 0.05) is 7.05 Å². The minimum atomic E-state index is 0.806. The third-order valence-electron chi connectivity index (χ3n) is 1.05. The zero-order chi connectivity index (χ0) is 10.7. The number of rotatable bonds is 1. The highest BCUT2D eigenvalue weighted by molar-refractivity contribution is 5.31. The second-order valence-electron chi connectivity index (χ2n) is 1.81. The van der Waals surface area contributed by atoms with Crippen LogP contribution in [0, 0.1) is 6.92 Å². The lowest BCUT2D eigenvalue weighted by atomic mass is 10.4. The van der Waals surface area contributed by atoms with Crippen molar-refractivity contribution in [3.63, 3.8) is 0 Å². The van der Waals surface area contributed by atoms with Gasteiger partial charge in [0.1, 0.15) is 5.82 Å². The number of nitrogens with one attached hydrogen (secondary N) is 1. The highest BCUT2D eigenvalue weighted by Gasteiger charge is 1.86. The Kier molecular flexibility index (Phi) is 12.1. The second-order valence-corrected chi connectivity index (χ2v) is 1.81. The van der Waals surface area contributed by atoms with Crippen molar-refractivity contribution in [1.29, 1.82) is 0 Å². The van der Waals surface area contributed by atoms with Gasteiger partial charge < -0.3 is 5.32 Å². The summed E-state index contributed by atoms with van der Waals surface area (Å²) in [4.78, 5) is 0. The molecule has 1 rings (SSSR count). The minimum absolute atomic E-state index is 0.806. The molecule has 0 aliphatic rings. The molecule has 1 aromatic rings. The lowest BCUT2D eigenvalue weighted by Gasteiger charge is -1.94. The van der Waals surface area contributed by atoms with Gasteiger partial charge in [-0.25, -0.2) is 0 Å². The van der Waals surface area contributed by atoms with Crippen LogP contribution in [0.1, 0.15) is 33.4 Å². The van der Waals surface area contributed by atoms with Crippen LogP contribution in [0.4, 0.5) is 5.82 Å². The predicted molar refractivity (Wildman–Crippen MR) is 59.0 cm³/mol. The predicted octanol–water partition coefficient (Wildman–Crippen LogP) is 2.88. The normalized spacial score (nSPS) is 7.23. The van der Waals surface area contributed by atoms with E-state index < -0.39 is 0 Å². The molecule has 13 heavy (non-hydrogen) atoms. The van der Waals surface area contributed by atoms with Gasteiger partial charge >= 0.3 is 0 Å². The Hall–Kier alpha value is -1.12. The maximum atomic E-state index is 3.84. The van der Waals surface area contributed by atoms with Crippen molar-refractivity contribution in [2.24, 2.45) is 0 Å². The Balaban J connectivity index is 0. The van der Waals surface area contributed by atoms with Crippen LogP contribution in [0.2, 0.25) is 0 Å². The summed E-state index contributed by atoms with van der Waals surface area (Å²) in [5, 5.41) is 10.6. The number of aryl methyl sites for hydroxylation is 1. The largest absolute Gasteiger partial charge is 0.372 e. The lowest BCUT2D eigenvalue weighted by molar-refractivity contribution is 0.982. The molecule has 0 fully saturated rings. The van der Waals surface area contributed by atoms with Gasteiger partial charge in [-0.15, -0.1) is 5.10 Å². The lowest BCUT2D eigenvalue weighted by Crippen LogP contribution is -1.94. The van der Waals surface area contributed by atoms with E-state index in [1.807, 2.05) is 53.8 Å². The minimum Gasteiger partial charge on any atom is -0.372 e. The molecule has 1 aromatic heterocycles. The van der Waals surface area contributed by atoms with Gasteiger partial charge in [-0.1, -0.05) is 27.7 Å². The van der Waals surface area contributed by atoms with Gasteiger partial charge in [0.2, 0.25) is 0 Å². The Labute approximate surface area is 81.6 Å². The molecule has 0 radical (unpaired) electrons. The van der Waals surface area contributed by atoms with Crippen LogP contribution in [0.3, 0.4) is 0 Å². The van der Waals surface area contributed by atoms with Crippen LogP contribution >= 0.6 is 0 Å². The van der Waals surface area contributed by atoms with Crippen LogP contribution in [-0.2, 0) is 0 Å². The van der Waals surface area contributed by atoms with E-state index in [-0.39, 0.29) is 0 Å². The van der Waals surface area contributed by atoms with Crippen LogP contribution in [0.15, 0.2) is 12.1 Å². The molecule has 0 saturated carbocycles. The van der Waals surface area contributed by atoms with Crippen LogP contribution in [0.25, 0.3) is 0 Å². The van der Waals surface area contributed by atoms with Gasteiger partial charge in [-0.3, -0.25) is 0 Å². The molecule has 0 bridgehead atoms. The smallest absolute Gasteiger partial charge is 0.148 e. The van der Waals surface area contributed by atoms with Gasteiger partial charge in [-0.05, 0) is 19.1 Å². The molecule has 0 aliphatic carbocycles. The first-order valence-electron chi connectivity index (χ1n) is 4.81. The van der Waals surface area contributed by atoms with Crippen molar-refractivity contribution in [2.75, 3.05) is 12.4 Å². The molecule has 3 nitrogen and oxygen atoms in total. The van der Waals surface area contributed by atoms with Crippen LogP contribution < -0.4 is 5.32 Å². The molecule has 0 atom stereocenters. The molecule has 0 aromatic carbocycles. The maximum Gasteiger partial charge on any atom is 0.148 e. The molecule has 0 spiro atoms. The monoisotopic (exact) mass is 183 g/mol. The Morgan fingerprint density at radius 1 is 1.00 bits per heavy atom. The van der Waals surface area contributed by atoms with Gasteiger partial charge in [0.15, 0.2) is 0 Å². The third-order valence-corrected chi connectivity index (χ3v) is 1.05. The van der Waals surface area contributed by atoms with Crippen molar-refractivity contribution >= 4 is 5.82 Å². The molecule has 3 heteroatoms. The fourth-order valence-electron chi connectivity index (χ4n) is 0.532. The van der Waals surface area contributed by atoms with Crippen molar-refractivity contribution in [3.05, 3.63) is 17.8 Å². The summed E-state index contributed by atoms with van der Waals surface area (Å²) in [7, 11) is 1.82. The topological polar surface area (TPSA) is 37.8 Å². The van der Waals surface area contributed by atoms with Crippen LogP contribution in [0.5, 0.6) is 0 Å². The number of nitrogens with zero attached hydrogens (tertiary/aromatic N) is 2. The molecule has 0 aliphatic heterocycles. The first-order chi connectivity index (χ1) is 6.33. The highest BCUT2D eigenvalue weighted by atomic mass is 15.2. The fraction of sp³-hybridized carbons (Fsp3) is 0.600. The standard InChI is InChI=1S/C6H9N3.2C2H6/c1-5-3-4-6(7-2)9-8-5;2*1-2/h3-4H,1-2H3,(H,7,9);2*1-2H3. The summed E-state index contributed by atoms with van der Waals surface area (Å²) >= 11 is 0. The molecular formula is C10H21N3. The van der Waals surface area contributed by atoms with E-state index in [1.54, 1.807) is 0 Å². The summed E-state index contributed by atoms with van der Waals surface area (Å²) in [6, 6.07) is 3.81. The van der Waals surface area contributed by atoms with E-state index in [1.165, 1.54) is 0 Å². The van der Waals surface area contributed by atoms with E-state index >= 15 is 0 Å². The molecule has 1 heterocycles. The van der Waals surface area contributed by atoms with Gasteiger partial charge in [0.25, 0.3) is 0 Å². The summed E-state index contributed by atoms with van der Waals surface area (Å²) < 4.78 is 0. The van der Waals surface area contributed by atoms with Gasteiger partial charge in [0.05, 0.1) is 5.69 Å². The molecule has 1 N–H and O–H groups in total. The zero-order valence-electron chi connectivity index (χ0n) is 9.55. The van der Waals surface area contributed by atoms with Crippen molar-refractivity contribution in [3.8, 4) is 0 Å². The van der Waals surface area contributed by atoms with E-state index in [4.69, 9.17) is 0 Å². The number of hydrogen-bond donors (Lipinski definition) is 1. The second kappa shape index (κ2) is 10.9. The van der Waals surface area contributed by atoms with Crippen molar-refractivity contribution in [1.82, 2.24) is 10.2 Å². The summed E-state index contributed by atoms with van der Waals surface area (Å²) in [6.45, 7) is 9.91. The molecule has 76 valence electrons. The first-order valence-corrected chi connectivity index (χ1v) is 4.81. The average Bonchev–Trinajstić information content (AvgIpc) is 2.25. The van der Waals surface area contributed by atoms with Crippen molar-refractivity contribution < 1.29 is 0 Å². The van der Waals surface area contributed by atoms with E-state index in [0.717, 1.165) is 11.5 Å². The van der Waals surface area contributed by atoms with E-state index in [0.29, 0.717) is 0 Å². The average molecular weight is 183 g/mol. The van der Waals surface area contributed by atoms with Gasteiger partial charge in [-0.2, -0.15) is 5.10 Å². The van der Waals surface area contributed by atoms with Crippen LogP contribution in [-0.4, -0.2) is 17.2 Å². The first kappa shape index (κ1) is 14.4.